The van der Waals surface area contributed by atoms with Crippen molar-refractivity contribution in [2.24, 2.45) is 0 Å². The number of rotatable bonds is 5. The van der Waals surface area contributed by atoms with E-state index in [1.54, 1.807) is 31.2 Å². The molecule has 0 unspecified atom stereocenters. The summed E-state index contributed by atoms with van der Waals surface area (Å²) in [6.45, 7) is 1.13. The van der Waals surface area contributed by atoms with Gasteiger partial charge < -0.3 is 9.64 Å². The lowest BCUT2D eigenvalue weighted by Gasteiger charge is -2.18. The van der Waals surface area contributed by atoms with Crippen LogP contribution in [-0.4, -0.2) is 32.2 Å². The van der Waals surface area contributed by atoms with Crippen molar-refractivity contribution in [2.75, 3.05) is 32.2 Å². The molecule has 0 aromatic heterocycles. The molecule has 0 bridgehead atoms. The van der Waals surface area contributed by atoms with Crippen LogP contribution in [0.15, 0.2) is 22.7 Å². The third-order valence-electron chi connectivity index (χ3n) is 2.18. The van der Waals surface area contributed by atoms with Crippen LogP contribution in [0.1, 0.15) is 0 Å². The van der Waals surface area contributed by atoms with Crippen LogP contribution in [0.4, 0.5) is 11.4 Å². The molecule has 0 amide bonds. The first-order valence-corrected chi connectivity index (χ1v) is 5.49. The van der Waals surface area contributed by atoms with Crippen LogP contribution in [0.25, 0.3) is 0 Å². The molecule has 1 rings (SSSR count). The molecule has 0 N–H and O–H groups in total. The van der Waals surface area contributed by atoms with Crippen LogP contribution >= 0.6 is 15.9 Å². The average Bonchev–Trinajstić information content (AvgIpc) is 2.25. The second-order valence-electron chi connectivity index (χ2n) is 3.30. The second-order valence-corrected chi connectivity index (χ2v) is 4.22. The Balaban J connectivity index is 2.99. The molecule has 16 heavy (non-hydrogen) atoms. The van der Waals surface area contributed by atoms with E-state index in [2.05, 4.69) is 15.9 Å². The highest BCUT2D eigenvalue weighted by Crippen LogP contribution is 2.30. The van der Waals surface area contributed by atoms with E-state index in [-0.39, 0.29) is 10.6 Å². The number of halogens is 1. The zero-order valence-electron chi connectivity index (χ0n) is 9.14. The zero-order valence-corrected chi connectivity index (χ0v) is 10.7. The highest BCUT2D eigenvalue weighted by Gasteiger charge is 2.16. The number of anilines is 1. The Bertz CT molecular complexity index is 384. The summed E-state index contributed by atoms with van der Waals surface area (Å²) < 4.78 is 5.76. The van der Waals surface area contributed by atoms with Crippen LogP contribution < -0.4 is 4.90 Å². The molecule has 0 spiro atoms. The Labute approximate surface area is 102 Å². The molecule has 0 saturated carbocycles. The van der Waals surface area contributed by atoms with Gasteiger partial charge >= 0.3 is 0 Å². The van der Waals surface area contributed by atoms with Crippen molar-refractivity contribution in [3.05, 3.63) is 32.8 Å². The first kappa shape index (κ1) is 12.9. The Morgan fingerprint density at radius 2 is 2.25 bits per heavy atom. The van der Waals surface area contributed by atoms with Crippen molar-refractivity contribution >= 4 is 27.3 Å². The Morgan fingerprint density at radius 1 is 1.56 bits per heavy atom. The number of nitro benzene ring substituents is 1. The number of methoxy groups -OCH3 is 1. The van der Waals surface area contributed by atoms with E-state index in [1.165, 1.54) is 6.07 Å². The summed E-state index contributed by atoms with van der Waals surface area (Å²) in [4.78, 5) is 12.3. The van der Waals surface area contributed by atoms with Gasteiger partial charge in [-0.15, -0.1) is 0 Å². The van der Waals surface area contributed by atoms with Crippen molar-refractivity contribution in [3.63, 3.8) is 0 Å². The molecule has 0 aliphatic carbocycles. The van der Waals surface area contributed by atoms with E-state index in [1.807, 2.05) is 0 Å². The third kappa shape index (κ3) is 3.18. The first-order valence-electron chi connectivity index (χ1n) is 4.70. The smallest absolute Gasteiger partial charge is 0.292 e. The van der Waals surface area contributed by atoms with Crippen LogP contribution in [0.5, 0.6) is 0 Å². The summed E-state index contributed by atoms with van der Waals surface area (Å²) in [6, 6.07) is 4.88. The number of nitro groups is 1. The molecule has 0 saturated heterocycles. The Morgan fingerprint density at radius 3 is 2.81 bits per heavy atom. The van der Waals surface area contributed by atoms with E-state index >= 15 is 0 Å². The molecular weight excluding hydrogens is 276 g/mol. The molecule has 1 aromatic rings. The van der Waals surface area contributed by atoms with E-state index in [0.29, 0.717) is 18.8 Å². The Hall–Kier alpha value is -1.14. The Kier molecular flexibility index (Phi) is 4.70. The molecule has 0 radical (unpaired) electrons. The fourth-order valence-electron chi connectivity index (χ4n) is 1.31. The van der Waals surface area contributed by atoms with Crippen molar-refractivity contribution < 1.29 is 9.66 Å². The molecule has 0 heterocycles. The van der Waals surface area contributed by atoms with Gasteiger partial charge in [0, 0.05) is 31.2 Å². The van der Waals surface area contributed by atoms with E-state index in [4.69, 9.17) is 4.74 Å². The highest BCUT2D eigenvalue weighted by molar-refractivity contribution is 9.10. The average molecular weight is 289 g/mol. The highest BCUT2D eigenvalue weighted by atomic mass is 79.9. The SMILES string of the molecule is COCCN(C)c1cc(Br)ccc1[N+](=O)[O-]. The van der Waals surface area contributed by atoms with Crippen LogP contribution in [0, 0.1) is 10.1 Å². The minimum atomic E-state index is -0.384. The van der Waals surface area contributed by atoms with Crippen molar-refractivity contribution in [1.82, 2.24) is 0 Å². The van der Waals surface area contributed by atoms with Crippen LogP contribution in [-0.2, 0) is 4.74 Å². The van der Waals surface area contributed by atoms with Gasteiger partial charge in [0.2, 0.25) is 0 Å². The third-order valence-corrected chi connectivity index (χ3v) is 2.67. The summed E-state index contributed by atoms with van der Waals surface area (Å²) >= 11 is 3.30. The molecular formula is C10H13BrN2O3. The minimum Gasteiger partial charge on any atom is -0.383 e. The lowest BCUT2D eigenvalue weighted by Crippen LogP contribution is -2.22. The predicted octanol–water partition coefficient (Wildman–Crippen LogP) is 2.44. The van der Waals surface area contributed by atoms with Crippen molar-refractivity contribution in [1.29, 1.82) is 0 Å². The summed E-state index contributed by atoms with van der Waals surface area (Å²) in [5, 5.41) is 10.8. The van der Waals surface area contributed by atoms with Crippen molar-refractivity contribution in [2.45, 2.75) is 0 Å². The molecule has 0 atom stereocenters. The molecule has 6 heteroatoms. The largest absolute Gasteiger partial charge is 0.383 e. The molecule has 1 aromatic carbocycles. The molecule has 0 aliphatic heterocycles. The number of nitrogens with zero attached hydrogens (tertiary/aromatic N) is 2. The maximum absolute atomic E-state index is 10.8. The maximum atomic E-state index is 10.8. The van der Waals surface area contributed by atoms with E-state index in [0.717, 1.165) is 4.47 Å². The summed E-state index contributed by atoms with van der Waals surface area (Å²) in [7, 11) is 3.40. The lowest BCUT2D eigenvalue weighted by molar-refractivity contribution is -0.384. The standard InChI is InChI=1S/C10H13BrN2O3/c1-12(5-6-16-2)10-7-8(11)3-4-9(10)13(14)15/h3-4,7H,5-6H2,1-2H3. The quantitative estimate of drug-likeness (QED) is 0.617. The second kappa shape index (κ2) is 5.81. The number of benzene rings is 1. The number of hydrogen-bond acceptors (Lipinski definition) is 4. The van der Waals surface area contributed by atoms with Gasteiger partial charge in [-0.1, -0.05) is 15.9 Å². The summed E-state index contributed by atoms with van der Waals surface area (Å²) in [6.07, 6.45) is 0. The number of hydrogen-bond donors (Lipinski definition) is 0. The molecule has 88 valence electrons. The van der Waals surface area contributed by atoms with Gasteiger partial charge in [0.05, 0.1) is 11.5 Å². The van der Waals surface area contributed by atoms with Crippen LogP contribution in [0.3, 0.4) is 0 Å². The summed E-state index contributed by atoms with van der Waals surface area (Å²) in [5.41, 5.74) is 0.679. The van der Waals surface area contributed by atoms with Gasteiger partial charge in [0.25, 0.3) is 5.69 Å². The first-order chi connectivity index (χ1) is 7.56. The number of likely N-dealkylation sites (N-methyl/N-ethyl adjacent to an activating group) is 1. The van der Waals surface area contributed by atoms with Gasteiger partial charge in [-0.05, 0) is 12.1 Å². The van der Waals surface area contributed by atoms with Crippen molar-refractivity contribution in [3.8, 4) is 0 Å². The van der Waals surface area contributed by atoms with E-state index < -0.39 is 0 Å². The monoisotopic (exact) mass is 288 g/mol. The van der Waals surface area contributed by atoms with Gasteiger partial charge in [-0.3, -0.25) is 10.1 Å². The lowest BCUT2D eigenvalue weighted by atomic mass is 10.2. The van der Waals surface area contributed by atoms with Gasteiger partial charge in [-0.25, -0.2) is 0 Å². The molecule has 0 fully saturated rings. The molecule has 0 aliphatic rings. The van der Waals surface area contributed by atoms with Gasteiger partial charge in [-0.2, -0.15) is 0 Å². The topological polar surface area (TPSA) is 55.6 Å². The predicted molar refractivity (Wildman–Crippen MR) is 65.9 cm³/mol. The van der Waals surface area contributed by atoms with Gasteiger partial charge in [0.15, 0.2) is 0 Å². The van der Waals surface area contributed by atoms with E-state index in [9.17, 15) is 10.1 Å². The molecule has 5 nitrogen and oxygen atoms in total. The van der Waals surface area contributed by atoms with Crippen LogP contribution in [0.2, 0.25) is 0 Å². The summed E-state index contributed by atoms with van der Waals surface area (Å²) in [5.74, 6) is 0. The van der Waals surface area contributed by atoms with Gasteiger partial charge in [0.1, 0.15) is 5.69 Å². The normalized spacial score (nSPS) is 10.2. The zero-order chi connectivity index (χ0) is 12.1. The maximum Gasteiger partial charge on any atom is 0.292 e. The fourth-order valence-corrected chi connectivity index (χ4v) is 1.65. The number of ether oxygens (including phenoxy) is 1. The minimum absolute atomic E-state index is 0.0989. The fraction of sp³-hybridized carbons (Fsp3) is 0.400.